The van der Waals surface area contributed by atoms with Crippen LogP contribution in [0.25, 0.3) is 27.5 Å². The number of sulfonamides is 1. The van der Waals surface area contributed by atoms with E-state index in [0.717, 1.165) is 5.56 Å². The van der Waals surface area contributed by atoms with Crippen molar-refractivity contribution in [1.82, 2.24) is 4.57 Å². The van der Waals surface area contributed by atoms with Gasteiger partial charge in [0.05, 0.1) is 5.75 Å². The van der Waals surface area contributed by atoms with Gasteiger partial charge in [0.1, 0.15) is 0 Å². The lowest BCUT2D eigenvalue weighted by Crippen LogP contribution is -2.17. The van der Waals surface area contributed by atoms with Crippen LogP contribution < -0.4 is 16.0 Å². The Kier molecular flexibility index (Phi) is 6.52. The number of aliphatic imine (C=N–C) groups is 1. The largest absolute Gasteiger partial charge is 0.404 e. The Balaban J connectivity index is 2.31. The highest BCUT2D eigenvalue weighted by molar-refractivity contribution is 7.92. The van der Waals surface area contributed by atoms with Crippen LogP contribution >= 0.6 is 11.6 Å². The van der Waals surface area contributed by atoms with Gasteiger partial charge in [-0.25, -0.2) is 8.42 Å². The molecule has 0 radical (unpaired) electrons. The minimum Gasteiger partial charge on any atom is -0.404 e. The molecule has 0 saturated carbocycles. The normalized spacial score (nSPS) is 12.6. The summed E-state index contributed by atoms with van der Waals surface area (Å²) >= 11 is 6.49. The van der Waals surface area contributed by atoms with Crippen molar-refractivity contribution in [2.75, 3.05) is 17.5 Å². The fourth-order valence-electron chi connectivity index (χ4n) is 3.26. The van der Waals surface area contributed by atoms with Gasteiger partial charge in [0.2, 0.25) is 10.0 Å². The molecular formula is C22H23ClN4O3S. The van der Waals surface area contributed by atoms with Crippen LogP contribution in [0.3, 0.4) is 0 Å². The Morgan fingerprint density at radius 1 is 1.19 bits per heavy atom. The first-order valence-corrected chi connectivity index (χ1v) is 11.5. The minimum atomic E-state index is -3.45. The molecule has 162 valence electrons. The number of rotatable bonds is 6. The average Bonchev–Trinajstić information content (AvgIpc) is 2.75. The fraction of sp³-hybridized carbons (Fsp3) is 0.182. The van der Waals surface area contributed by atoms with E-state index in [9.17, 15) is 13.2 Å². The molecule has 3 N–H and O–H groups in total. The molecule has 0 atom stereocenters. The number of benzene rings is 2. The van der Waals surface area contributed by atoms with Crippen molar-refractivity contribution in [3.8, 4) is 11.1 Å². The maximum absolute atomic E-state index is 12.7. The second-order valence-corrected chi connectivity index (χ2v) is 9.35. The van der Waals surface area contributed by atoms with E-state index in [-0.39, 0.29) is 11.3 Å². The second kappa shape index (κ2) is 8.95. The zero-order valence-corrected chi connectivity index (χ0v) is 19.0. The van der Waals surface area contributed by atoms with Gasteiger partial charge in [0, 0.05) is 65.5 Å². The zero-order chi connectivity index (χ0) is 22.8. The van der Waals surface area contributed by atoms with Gasteiger partial charge >= 0.3 is 0 Å². The summed E-state index contributed by atoms with van der Waals surface area (Å²) in [5, 5.41) is 1.60. The van der Waals surface area contributed by atoms with Gasteiger partial charge in [-0.15, -0.1) is 0 Å². The summed E-state index contributed by atoms with van der Waals surface area (Å²) < 4.78 is 28.0. The van der Waals surface area contributed by atoms with E-state index in [2.05, 4.69) is 9.71 Å². The standard InChI is InChI=1S/C22H23ClN4O3S/c1-4-31(29,30)26-16-6-8-21(23)19(10-16)20-13-27(3)22(28)17-7-5-14(9-18(17)20)15(11-24)12-25-2/h5-13,26H,4,24H2,1-3H3. The van der Waals surface area contributed by atoms with E-state index in [1.807, 2.05) is 6.07 Å². The molecule has 9 heteroatoms. The summed E-state index contributed by atoms with van der Waals surface area (Å²) in [4.78, 5) is 16.8. The van der Waals surface area contributed by atoms with Gasteiger partial charge < -0.3 is 10.3 Å². The number of anilines is 1. The number of pyridine rings is 1. The maximum atomic E-state index is 12.7. The number of allylic oxidation sites excluding steroid dienone is 1. The van der Waals surface area contributed by atoms with E-state index in [1.54, 1.807) is 63.8 Å². The quantitative estimate of drug-likeness (QED) is 0.550. The van der Waals surface area contributed by atoms with Crippen molar-refractivity contribution in [3.63, 3.8) is 0 Å². The Labute approximate surface area is 185 Å². The molecule has 31 heavy (non-hydrogen) atoms. The van der Waals surface area contributed by atoms with E-state index in [1.165, 1.54) is 10.8 Å². The summed E-state index contributed by atoms with van der Waals surface area (Å²) in [6.45, 7) is 1.56. The molecule has 0 spiro atoms. The predicted octanol–water partition coefficient (Wildman–Crippen LogP) is 3.62. The first-order valence-electron chi connectivity index (χ1n) is 9.49. The lowest BCUT2D eigenvalue weighted by atomic mass is 9.96. The molecule has 0 amide bonds. The van der Waals surface area contributed by atoms with Crippen LogP contribution in [0.1, 0.15) is 12.5 Å². The molecule has 0 aliphatic carbocycles. The van der Waals surface area contributed by atoms with Gasteiger partial charge in [-0.2, -0.15) is 0 Å². The topological polar surface area (TPSA) is 107 Å². The van der Waals surface area contributed by atoms with Crippen molar-refractivity contribution >= 4 is 49.9 Å². The molecule has 0 saturated heterocycles. The first-order chi connectivity index (χ1) is 14.7. The smallest absolute Gasteiger partial charge is 0.258 e. The average molecular weight is 459 g/mol. The molecule has 1 aromatic heterocycles. The van der Waals surface area contributed by atoms with Crippen LogP contribution in [0, 0.1) is 0 Å². The number of aromatic nitrogens is 1. The number of aryl methyl sites for hydroxylation is 1. The van der Waals surface area contributed by atoms with Crippen LogP contribution in [-0.2, 0) is 17.1 Å². The van der Waals surface area contributed by atoms with Crippen LogP contribution in [0.15, 0.2) is 58.6 Å². The van der Waals surface area contributed by atoms with Crippen LogP contribution in [0.2, 0.25) is 5.02 Å². The monoisotopic (exact) mass is 458 g/mol. The highest BCUT2D eigenvalue weighted by atomic mass is 35.5. The van der Waals surface area contributed by atoms with Crippen molar-refractivity contribution in [2.45, 2.75) is 6.92 Å². The summed E-state index contributed by atoms with van der Waals surface area (Å²) in [6.07, 6.45) is 4.77. The molecule has 2 aromatic carbocycles. The van der Waals surface area contributed by atoms with Crippen LogP contribution in [-0.4, -0.2) is 32.0 Å². The number of nitrogens with two attached hydrogens (primary N) is 1. The Morgan fingerprint density at radius 2 is 1.94 bits per heavy atom. The van der Waals surface area contributed by atoms with Gasteiger partial charge in [-0.1, -0.05) is 17.7 Å². The molecule has 3 rings (SSSR count). The highest BCUT2D eigenvalue weighted by Crippen LogP contribution is 2.35. The number of nitrogens with zero attached hydrogens (tertiary/aromatic N) is 2. The van der Waals surface area contributed by atoms with Gasteiger partial charge in [0.25, 0.3) is 5.56 Å². The zero-order valence-electron chi connectivity index (χ0n) is 17.4. The Bertz CT molecular complexity index is 1380. The van der Waals surface area contributed by atoms with E-state index < -0.39 is 10.0 Å². The molecule has 0 fully saturated rings. The third kappa shape index (κ3) is 4.65. The van der Waals surface area contributed by atoms with Gasteiger partial charge in [-0.05, 0) is 48.2 Å². The van der Waals surface area contributed by atoms with Crippen molar-refractivity contribution in [1.29, 1.82) is 0 Å². The third-order valence-corrected chi connectivity index (χ3v) is 6.51. The summed E-state index contributed by atoms with van der Waals surface area (Å²) in [5.41, 5.74) is 8.75. The van der Waals surface area contributed by atoms with Crippen molar-refractivity contribution < 1.29 is 8.42 Å². The van der Waals surface area contributed by atoms with Crippen LogP contribution in [0.5, 0.6) is 0 Å². The first kappa shape index (κ1) is 22.6. The number of fused-ring (bicyclic) bond motifs is 1. The summed E-state index contributed by atoms with van der Waals surface area (Å²) in [7, 11) is -0.148. The molecule has 1 heterocycles. The predicted molar refractivity (Wildman–Crippen MR) is 129 cm³/mol. The lowest BCUT2D eigenvalue weighted by Gasteiger charge is -2.14. The molecule has 3 aromatic rings. The molecule has 0 aliphatic heterocycles. The van der Waals surface area contributed by atoms with Gasteiger partial charge in [0.15, 0.2) is 0 Å². The molecule has 0 bridgehead atoms. The van der Waals surface area contributed by atoms with E-state index in [0.29, 0.717) is 38.2 Å². The molecular weight excluding hydrogens is 436 g/mol. The summed E-state index contributed by atoms with van der Waals surface area (Å²) in [5.74, 6) is -0.0513. The number of hydrogen-bond donors (Lipinski definition) is 2. The number of nitrogens with one attached hydrogen (secondary N) is 1. The molecule has 7 nitrogen and oxygen atoms in total. The molecule has 0 aliphatic rings. The second-order valence-electron chi connectivity index (χ2n) is 6.93. The van der Waals surface area contributed by atoms with Gasteiger partial charge in [-0.3, -0.25) is 14.5 Å². The number of hydrogen-bond acceptors (Lipinski definition) is 5. The highest BCUT2D eigenvalue weighted by Gasteiger charge is 2.15. The van der Waals surface area contributed by atoms with Crippen molar-refractivity contribution in [3.05, 3.63) is 69.7 Å². The number of halogens is 1. The van der Waals surface area contributed by atoms with Crippen LogP contribution in [0.4, 0.5) is 5.69 Å². The minimum absolute atomic E-state index is 0.0513. The lowest BCUT2D eigenvalue weighted by molar-refractivity contribution is 0.602. The van der Waals surface area contributed by atoms with E-state index >= 15 is 0 Å². The molecule has 0 unspecified atom stereocenters. The maximum Gasteiger partial charge on any atom is 0.258 e. The Hall–Kier alpha value is -3.10. The SMILES string of the molecule is CCS(=O)(=O)Nc1ccc(Cl)c(-c2cn(C)c(=O)c3ccc(C(C=NC)=CN)cc23)c1. The van der Waals surface area contributed by atoms with Crippen molar-refractivity contribution in [2.24, 2.45) is 17.8 Å². The Morgan fingerprint density at radius 3 is 2.58 bits per heavy atom. The summed E-state index contributed by atoms with van der Waals surface area (Å²) in [6, 6.07) is 10.3. The fourth-order valence-corrected chi connectivity index (χ4v) is 4.11. The third-order valence-electron chi connectivity index (χ3n) is 4.87. The van der Waals surface area contributed by atoms with E-state index in [4.69, 9.17) is 17.3 Å².